The summed E-state index contributed by atoms with van der Waals surface area (Å²) in [6, 6.07) is 13.6. The van der Waals surface area contributed by atoms with Gasteiger partial charge in [0.1, 0.15) is 11.5 Å². The molecule has 1 unspecified atom stereocenters. The summed E-state index contributed by atoms with van der Waals surface area (Å²) in [6.45, 7) is 0.964. The number of aryl methyl sites for hydroxylation is 1. The second-order valence-electron chi connectivity index (χ2n) is 7.84. The molecule has 0 radical (unpaired) electrons. The Hall–Kier alpha value is -3.06. The molecule has 0 saturated heterocycles. The number of likely N-dealkylation sites (N-methyl/N-ethyl adjacent to an activating group) is 1. The molecule has 2 aromatic rings. The maximum absolute atomic E-state index is 12.3. The van der Waals surface area contributed by atoms with Crippen molar-refractivity contribution in [3.63, 3.8) is 0 Å². The normalized spacial score (nSPS) is 13.9. The topological polar surface area (TPSA) is 79.9 Å². The van der Waals surface area contributed by atoms with Crippen LogP contribution in [0.3, 0.4) is 0 Å². The monoisotopic (exact) mass is 425 g/mol. The lowest BCUT2D eigenvalue weighted by Gasteiger charge is -2.26. The van der Waals surface area contributed by atoms with Gasteiger partial charge in [-0.05, 0) is 56.8 Å². The van der Waals surface area contributed by atoms with Crippen LogP contribution in [0.1, 0.15) is 36.4 Å². The number of ether oxygens (including phenoxy) is 2. The molecule has 2 N–H and O–H groups in total. The van der Waals surface area contributed by atoms with Crippen LogP contribution in [0.4, 0.5) is 5.69 Å². The number of carbonyl (C=O) groups is 2. The summed E-state index contributed by atoms with van der Waals surface area (Å²) in [7, 11) is 5.63. The summed E-state index contributed by atoms with van der Waals surface area (Å²) in [6.07, 6.45) is 2.24. The summed E-state index contributed by atoms with van der Waals surface area (Å²) in [4.78, 5) is 25.8. The quantitative estimate of drug-likeness (QED) is 0.572. The molecule has 1 aliphatic heterocycles. The van der Waals surface area contributed by atoms with Gasteiger partial charge in [0.25, 0.3) is 0 Å². The Kier molecular flexibility index (Phi) is 7.89. The van der Waals surface area contributed by atoms with Gasteiger partial charge < -0.3 is 25.0 Å². The Bertz CT molecular complexity index is 913. The summed E-state index contributed by atoms with van der Waals surface area (Å²) < 4.78 is 11.3. The molecule has 3 rings (SSSR count). The van der Waals surface area contributed by atoms with Gasteiger partial charge in [-0.15, -0.1) is 0 Å². The van der Waals surface area contributed by atoms with Crippen LogP contribution in [0.2, 0.25) is 0 Å². The molecule has 0 saturated carbocycles. The predicted molar refractivity (Wildman–Crippen MR) is 121 cm³/mol. The first-order valence-electron chi connectivity index (χ1n) is 10.6. The average molecular weight is 426 g/mol. The number of carbonyl (C=O) groups excluding carboxylic acids is 2. The number of rotatable bonds is 10. The summed E-state index contributed by atoms with van der Waals surface area (Å²) in [5.41, 5.74) is 2.98. The lowest BCUT2D eigenvalue weighted by atomic mass is 10.0. The maximum Gasteiger partial charge on any atom is 0.224 e. The van der Waals surface area contributed by atoms with E-state index in [1.54, 1.807) is 7.11 Å². The number of amides is 2. The molecule has 0 fully saturated rings. The van der Waals surface area contributed by atoms with Crippen LogP contribution in [0.15, 0.2) is 42.5 Å². The highest BCUT2D eigenvalue weighted by molar-refractivity contribution is 5.94. The van der Waals surface area contributed by atoms with Gasteiger partial charge in [-0.25, -0.2) is 0 Å². The SMILES string of the molecule is COc1ccccc1C(CNC(=O)CCCOc1ccc2c(c1)CCC(=O)N2)N(C)C. The number of methoxy groups -OCH3 is 1. The highest BCUT2D eigenvalue weighted by Crippen LogP contribution is 2.28. The van der Waals surface area contributed by atoms with E-state index in [4.69, 9.17) is 9.47 Å². The van der Waals surface area contributed by atoms with Gasteiger partial charge >= 0.3 is 0 Å². The molecule has 7 nitrogen and oxygen atoms in total. The number of para-hydroxylation sites is 1. The van der Waals surface area contributed by atoms with E-state index in [2.05, 4.69) is 15.5 Å². The van der Waals surface area contributed by atoms with Gasteiger partial charge in [0, 0.05) is 30.6 Å². The molecule has 166 valence electrons. The second kappa shape index (κ2) is 10.8. The molecule has 0 aliphatic carbocycles. The van der Waals surface area contributed by atoms with E-state index in [1.165, 1.54) is 0 Å². The first-order valence-corrected chi connectivity index (χ1v) is 10.6. The fourth-order valence-corrected chi connectivity index (χ4v) is 3.68. The van der Waals surface area contributed by atoms with Crippen LogP contribution in [0.5, 0.6) is 11.5 Å². The van der Waals surface area contributed by atoms with E-state index < -0.39 is 0 Å². The van der Waals surface area contributed by atoms with Crippen molar-refractivity contribution in [3.05, 3.63) is 53.6 Å². The van der Waals surface area contributed by atoms with Crippen molar-refractivity contribution in [1.82, 2.24) is 10.2 Å². The van der Waals surface area contributed by atoms with Crippen LogP contribution in [-0.4, -0.2) is 51.1 Å². The molecule has 2 amide bonds. The minimum absolute atomic E-state index is 0.00139. The first-order chi connectivity index (χ1) is 15.0. The molecule has 0 aromatic heterocycles. The molecule has 0 bridgehead atoms. The minimum Gasteiger partial charge on any atom is -0.496 e. The fourth-order valence-electron chi connectivity index (χ4n) is 3.68. The van der Waals surface area contributed by atoms with Crippen molar-refractivity contribution >= 4 is 17.5 Å². The second-order valence-corrected chi connectivity index (χ2v) is 7.84. The Morgan fingerprint density at radius 3 is 2.77 bits per heavy atom. The Morgan fingerprint density at radius 2 is 2.00 bits per heavy atom. The zero-order valence-electron chi connectivity index (χ0n) is 18.4. The van der Waals surface area contributed by atoms with E-state index >= 15 is 0 Å². The van der Waals surface area contributed by atoms with Crippen LogP contribution < -0.4 is 20.1 Å². The highest BCUT2D eigenvalue weighted by atomic mass is 16.5. The molecule has 1 atom stereocenters. The van der Waals surface area contributed by atoms with Gasteiger partial charge in [0.05, 0.1) is 19.8 Å². The Labute approximate surface area is 183 Å². The van der Waals surface area contributed by atoms with Gasteiger partial charge in [-0.3, -0.25) is 9.59 Å². The number of benzene rings is 2. The summed E-state index contributed by atoms with van der Waals surface area (Å²) >= 11 is 0. The smallest absolute Gasteiger partial charge is 0.224 e. The average Bonchev–Trinajstić information content (AvgIpc) is 2.77. The van der Waals surface area contributed by atoms with Gasteiger partial charge in [-0.2, -0.15) is 0 Å². The number of fused-ring (bicyclic) bond motifs is 1. The molecular weight excluding hydrogens is 394 g/mol. The fraction of sp³-hybridized carbons (Fsp3) is 0.417. The van der Waals surface area contributed by atoms with Gasteiger partial charge in [0.15, 0.2) is 0 Å². The molecule has 7 heteroatoms. The highest BCUT2D eigenvalue weighted by Gasteiger charge is 2.19. The van der Waals surface area contributed by atoms with Crippen molar-refractivity contribution < 1.29 is 19.1 Å². The third-order valence-electron chi connectivity index (χ3n) is 5.40. The summed E-state index contributed by atoms with van der Waals surface area (Å²) in [5, 5.41) is 5.89. The van der Waals surface area contributed by atoms with E-state index in [0.29, 0.717) is 32.4 Å². The van der Waals surface area contributed by atoms with Crippen molar-refractivity contribution in [1.29, 1.82) is 0 Å². The van der Waals surface area contributed by atoms with E-state index in [-0.39, 0.29) is 17.9 Å². The predicted octanol–water partition coefficient (Wildman–Crippen LogP) is 3.16. The first kappa shape index (κ1) is 22.6. The minimum atomic E-state index is -0.00139. The number of hydrogen-bond donors (Lipinski definition) is 2. The van der Waals surface area contributed by atoms with E-state index in [0.717, 1.165) is 34.7 Å². The molecule has 2 aromatic carbocycles. The van der Waals surface area contributed by atoms with Crippen LogP contribution in [-0.2, 0) is 16.0 Å². The zero-order chi connectivity index (χ0) is 22.2. The number of hydrogen-bond acceptors (Lipinski definition) is 5. The van der Waals surface area contributed by atoms with E-state index in [1.807, 2.05) is 56.6 Å². The molecular formula is C24H31N3O4. The van der Waals surface area contributed by atoms with Crippen molar-refractivity contribution in [2.75, 3.05) is 39.7 Å². The maximum atomic E-state index is 12.3. The summed E-state index contributed by atoms with van der Waals surface area (Å²) in [5.74, 6) is 1.63. The third kappa shape index (κ3) is 6.21. The van der Waals surface area contributed by atoms with Crippen molar-refractivity contribution in [3.8, 4) is 11.5 Å². The number of nitrogens with one attached hydrogen (secondary N) is 2. The van der Waals surface area contributed by atoms with E-state index in [9.17, 15) is 9.59 Å². The third-order valence-corrected chi connectivity index (χ3v) is 5.40. The van der Waals surface area contributed by atoms with Crippen LogP contribution in [0, 0.1) is 0 Å². The standard InChI is InChI=1S/C24H31N3O4/c1-27(2)21(19-7-4-5-8-22(19)30-3)16-25-23(28)9-6-14-31-18-11-12-20-17(15-18)10-13-24(29)26-20/h4-5,7-8,11-12,15,21H,6,9-10,13-14,16H2,1-3H3,(H,25,28)(H,26,29). The van der Waals surface area contributed by atoms with Crippen molar-refractivity contribution in [2.45, 2.75) is 31.7 Å². The molecule has 1 heterocycles. The van der Waals surface area contributed by atoms with Crippen LogP contribution >= 0.6 is 0 Å². The number of anilines is 1. The molecule has 0 spiro atoms. The van der Waals surface area contributed by atoms with Crippen LogP contribution in [0.25, 0.3) is 0 Å². The van der Waals surface area contributed by atoms with Gasteiger partial charge in [-0.1, -0.05) is 18.2 Å². The Morgan fingerprint density at radius 1 is 1.19 bits per heavy atom. The molecule has 31 heavy (non-hydrogen) atoms. The lowest BCUT2D eigenvalue weighted by molar-refractivity contribution is -0.121. The lowest BCUT2D eigenvalue weighted by Crippen LogP contribution is -2.34. The van der Waals surface area contributed by atoms with Gasteiger partial charge in [0.2, 0.25) is 11.8 Å². The molecule has 1 aliphatic rings. The zero-order valence-corrected chi connectivity index (χ0v) is 18.4. The number of nitrogens with zero attached hydrogens (tertiary/aromatic N) is 1. The largest absolute Gasteiger partial charge is 0.496 e. The Balaban J connectivity index is 1.43. The van der Waals surface area contributed by atoms with Crippen molar-refractivity contribution in [2.24, 2.45) is 0 Å².